The smallest absolute Gasteiger partial charge is 0.129 e. The Morgan fingerprint density at radius 1 is 0.889 bits per heavy atom. The van der Waals surface area contributed by atoms with Gasteiger partial charge in [-0.15, -0.1) is 11.3 Å². The molecule has 0 fully saturated rings. The lowest BCUT2D eigenvalue weighted by molar-refractivity contribution is 0.305. The van der Waals surface area contributed by atoms with Gasteiger partial charge in [-0.1, -0.05) is 64.7 Å². The van der Waals surface area contributed by atoms with Crippen molar-refractivity contribution in [3.8, 4) is 5.75 Å². The van der Waals surface area contributed by atoms with Gasteiger partial charge in [0.1, 0.15) is 5.75 Å². The summed E-state index contributed by atoms with van der Waals surface area (Å²) in [6.07, 6.45) is 13.8. The summed E-state index contributed by atoms with van der Waals surface area (Å²) < 4.78 is 5.63. The third-order valence-corrected chi connectivity index (χ3v) is 3.92. The SMILES string of the molecule is CCCCCCCCCCCCOc1ccsc1. The molecule has 1 rings (SSSR count). The first kappa shape index (κ1) is 15.6. The number of thiophene rings is 1. The van der Waals surface area contributed by atoms with E-state index in [1.165, 1.54) is 64.2 Å². The van der Waals surface area contributed by atoms with Crippen molar-refractivity contribution in [3.05, 3.63) is 16.8 Å². The second kappa shape index (κ2) is 11.6. The molecule has 0 N–H and O–H groups in total. The van der Waals surface area contributed by atoms with Crippen molar-refractivity contribution >= 4 is 11.3 Å². The molecule has 0 aliphatic carbocycles. The molecule has 0 radical (unpaired) electrons. The van der Waals surface area contributed by atoms with Crippen LogP contribution < -0.4 is 4.74 Å². The summed E-state index contributed by atoms with van der Waals surface area (Å²) in [4.78, 5) is 0. The Labute approximate surface area is 117 Å². The van der Waals surface area contributed by atoms with Gasteiger partial charge < -0.3 is 4.74 Å². The van der Waals surface area contributed by atoms with Crippen molar-refractivity contribution in [1.29, 1.82) is 0 Å². The minimum Gasteiger partial charge on any atom is -0.493 e. The molecule has 0 aromatic carbocycles. The molecule has 1 aromatic heterocycles. The first-order chi connectivity index (χ1) is 8.93. The van der Waals surface area contributed by atoms with E-state index in [2.05, 4.69) is 17.7 Å². The van der Waals surface area contributed by atoms with E-state index in [9.17, 15) is 0 Å². The summed E-state index contributed by atoms with van der Waals surface area (Å²) in [5, 5.41) is 4.13. The molecule has 0 bridgehead atoms. The maximum Gasteiger partial charge on any atom is 0.129 e. The Balaban J connectivity index is 1.73. The monoisotopic (exact) mass is 268 g/mol. The third kappa shape index (κ3) is 8.57. The van der Waals surface area contributed by atoms with Gasteiger partial charge in [-0.2, -0.15) is 0 Å². The predicted molar refractivity (Wildman–Crippen MR) is 81.7 cm³/mol. The second-order valence-corrected chi connectivity index (χ2v) is 5.77. The topological polar surface area (TPSA) is 9.23 Å². The Morgan fingerprint density at radius 3 is 2.06 bits per heavy atom. The van der Waals surface area contributed by atoms with Gasteiger partial charge in [-0.25, -0.2) is 0 Å². The minimum atomic E-state index is 0.882. The highest BCUT2D eigenvalue weighted by molar-refractivity contribution is 7.08. The van der Waals surface area contributed by atoms with Crippen molar-refractivity contribution in [2.24, 2.45) is 0 Å². The fourth-order valence-corrected chi connectivity index (χ4v) is 2.69. The lowest BCUT2D eigenvalue weighted by Gasteiger charge is -2.04. The summed E-state index contributed by atoms with van der Waals surface area (Å²) in [7, 11) is 0. The zero-order chi connectivity index (χ0) is 12.9. The van der Waals surface area contributed by atoms with Crippen LogP contribution in [0.15, 0.2) is 16.8 Å². The average molecular weight is 268 g/mol. The summed E-state index contributed by atoms with van der Waals surface area (Å²) in [5.41, 5.74) is 0. The average Bonchev–Trinajstić information content (AvgIpc) is 2.89. The molecule has 0 saturated carbocycles. The van der Waals surface area contributed by atoms with Gasteiger partial charge in [0, 0.05) is 5.38 Å². The Kier molecular flexibility index (Phi) is 10.0. The molecule has 104 valence electrons. The molecule has 0 amide bonds. The number of hydrogen-bond donors (Lipinski definition) is 0. The molecule has 0 saturated heterocycles. The largest absolute Gasteiger partial charge is 0.493 e. The molecule has 1 aromatic rings. The summed E-state index contributed by atoms with van der Waals surface area (Å²) in [6, 6.07) is 2.04. The zero-order valence-electron chi connectivity index (χ0n) is 11.8. The van der Waals surface area contributed by atoms with Crippen molar-refractivity contribution in [2.75, 3.05) is 6.61 Å². The predicted octanol–water partition coefficient (Wildman–Crippen LogP) is 6.05. The quantitative estimate of drug-likeness (QED) is 0.419. The first-order valence-corrected chi connectivity index (χ1v) is 8.52. The van der Waals surface area contributed by atoms with Crippen molar-refractivity contribution in [3.63, 3.8) is 0 Å². The normalized spacial score (nSPS) is 10.7. The molecule has 2 heteroatoms. The van der Waals surface area contributed by atoms with Crippen LogP contribution in [0, 0.1) is 0 Å². The summed E-state index contributed by atoms with van der Waals surface area (Å²) in [6.45, 7) is 3.16. The van der Waals surface area contributed by atoms with Crippen molar-refractivity contribution in [1.82, 2.24) is 0 Å². The standard InChI is InChI=1S/C16H28OS/c1-2-3-4-5-6-7-8-9-10-11-13-17-16-12-14-18-15-16/h12,14-15H,2-11,13H2,1H3. The lowest BCUT2D eigenvalue weighted by atomic mass is 10.1. The Hall–Kier alpha value is -0.500. The van der Waals surface area contributed by atoms with Crippen LogP contribution in [0.2, 0.25) is 0 Å². The molecule has 1 heterocycles. The Morgan fingerprint density at radius 2 is 1.50 bits per heavy atom. The van der Waals surface area contributed by atoms with E-state index >= 15 is 0 Å². The van der Waals surface area contributed by atoms with Gasteiger partial charge in [-0.05, 0) is 17.9 Å². The second-order valence-electron chi connectivity index (χ2n) is 4.99. The molecule has 1 nitrogen and oxygen atoms in total. The van der Waals surface area contributed by atoms with Crippen LogP contribution in [0.25, 0.3) is 0 Å². The van der Waals surface area contributed by atoms with Crippen LogP contribution in [-0.4, -0.2) is 6.61 Å². The van der Waals surface area contributed by atoms with Gasteiger partial charge in [0.05, 0.1) is 6.61 Å². The van der Waals surface area contributed by atoms with Gasteiger partial charge in [0.2, 0.25) is 0 Å². The van der Waals surface area contributed by atoms with Crippen LogP contribution in [0.1, 0.15) is 71.1 Å². The van der Waals surface area contributed by atoms with Gasteiger partial charge in [0.25, 0.3) is 0 Å². The van der Waals surface area contributed by atoms with E-state index < -0.39 is 0 Å². The number of unbranched alkanes of at least 4 members (excludes halogenated alkanes) is 9. The van der Waals surface area contributed by atoms with E-state index in [-0.39, 0.29) is 0 Å². The van der Waals surface area contributed by atoms with Crippen LogP contribution in [0.3, 0.4) is 0 Å². The minimum absolute atomic E-state index is 0.882. The number of ether oxygens (including phenoxy) is 1. The van der Waals surface area contributed by atoms with Gasteiger partial charge >= 0.3 is 0 Å². The molecule has 0 atom stereocenters. The van der Waals surface area contributed by atoms with Crippen molar-refractivity contribution in [2.45, 2.75) is 71.1 Å². The molecule has 18 heavy (non-hydrogen) atoms. The molecular weight excluding hydrogens is 240 g/mol. The summed E-state index contributed by atoms with van der Waals surface area (Å²) in [5.74, 6) is 1.04. The van der Waals surface area contributed by atoms with Crippen LogP contribution in [0.4, 0.5) is 0 Å². The fraction of sp³-hybridized carbons (Fsp3) is 0.750. The highest BCUT2D eigenvalue weighted by atomic mass is 32.1. The molecule has 0 aliphatic heterocycles. The number of hydrogen-bond acceptors (Lipinski definition) is 2. The number of rotatable bonds is 12. The highest BCUT2D eigenvalue weighted by Crippen LogP contribution is 2.15. The third-order valence-electron chi connectivity index (χ3n) is 3.26. The van der Waals surface area contributed by atoms with E-state index in [0.717, 1.165) is 12.4 Å². The fourth-order valence-electron chi connectivity index (χ4n) is 2.11. The lowest BCUT2D eigenvalue weighted by Crippen LogP contribution is -1.95. The first-order valence-electron chi connectivity index (χ1n) is 7.58. The Bertz CT molecular complexity index is 256. The molecule has 0 unspecified atom stereocenters. The molecule has 0 aliphatic rings. The van der Waals surface area contributed by atoms with Gasteiger partial charge in [-0.3, -0.25) is 0 Å². The van der Waals surface area contributed by atoms with Crippen LogP contribution >= 0.6 is 11.3 Å². The molecular formula is C16H28OS. The highest BCUT2D eigenvalue weighted by Gasteiger charge is 1.94. The van der Waals surface area contributed by atoms with Crippen molar-refractivity contribution < 1.29 is 4.74 Å². The van der Waals surface area contributed by atoms with E-state index in [0.29, 0.717) is 0 Å². The van der Waals surface area contributed by atoms with E-state index in [1.54, 1.807) is 11.3 Å². The van der Waals surface area contributed by atoms with E-state index in [1.807, 2.05) is 6.07 Å². The zero-order valence-corrected chi connectivity index (χ0v) is 12.6. The van der Waals surface area contributed by atoms with E-state index in [4.69, 9.17) is 4.74 Å². The maximum atomic E-state index is 5.63. The van der Waals surface area contributed by atoms with Crippen LogP contribution in [-0.2, 0) is 0 Å². The van der Waals surface area contributed by atoms with Crippen LogP contribution in [0.5, 0.6) is 5.75 Å². The summed E-state index contributed by atoms with van der Waals surface area (Å²) >= 11 is 1.70. The molecule has 0 spiro atoms. The maximum absolute atomic E-state index is 5.63. The van der Waals surface area contributed by atoms with Gasteiger partial charge in [0.15, 0.2) is 0 Å².